The van der Waals surface area contributed by atoms with E-state index >= 15 is 0 Å². The van der Waals surface area contributed by atoms with E-state index < -0.39 is 10.2 Å². The number of rotatable bonds is 9. The molecule has 2 N–H and O–H groups in total. The predicted molar refractivity (Wildman–Crippen MR) is 70.8 cm³/mol. The molecule has 0 spiro atoms. The van der Waals surface area contributed by atoms with Gasteiger partial charge in [-0.1, -0.05) is 5.16 Å². The molecule has 0 radical (unpaired) electrons. The van der Waals surface area contributed by atoms with Gasteiger partial charge >= 0.3 is 0 Å². The SMILES string of the molecule is CNCCCN(C)S(=O)(=O)NCCc1nc(C)no1. The Bertz CT molecular complexity index is 473. The number of nitrogens with zero attached hydrogens (tertiary/aromatic N) is 3. The zero-order valence-electron chi connectivity index (χ0n) is 11.5. The summed E-state index contributed by atoms with van der Waals surface area (Å²) in [5.74, 6) is 0.972. The molecule has 19 heavy (non-hydrogen) atoms. The van der Waals surface area contributed by atoms with Crippen molar-refractivity contribution in [2.45, 2.75) is 19.8 Å². The zero-order valence-corrected chi connectivity index (χ0v) is 12.3. The van der Waals surface area contributed by atoms with Crippen LogP contribution in [0.4, 0.5) is 0 Å². The van der Waals surface area contributed by atoms with Crippen LogP contribution in [0.2, 0.25) is 0 Å². The summed E-state index contributed by atoms with van der Waals surface area (Å²) < 4.78 is 32.4. The molecule has 1 rings (SSSR count). The first-order chi connectivity index (χ1) is 8.95. The number of aryl methyl sites for hydroxylation is 1. The Morgan fingerprint density at radius 3 is 2.68 bits per heavy atom. The lowest BCUT2D eigenvalue weighted by atomic mass is 10.4. The molecule has 0 aromatic carbocycles. The molecular formula is C10H21N5O3S. The van der Waals surface area contributed by atoms with Crippen molar-refractivity contribution in [3.05, 3.63) is 11.7 Å². The van der Waals surface area contributed by atoms with Crippen LogP contribution >= 0.6 is 0 Å². The maximum absolute atomic E-state index is 11.8. The van der Waals surface area contributed by atoms with Gasteiger partial charge in [-0.15, -0.1) is 0 Å². The van der Waals surface area contributed by atoms with Gasteiger partial charge in [-0.05, 0) is 26.9 Å². The van der Waals surface area contributed by atoms with E-state index in [1.165, 1.54) is 4.31 Å². The number of hydrogen-bond donors (Lipinski definition) is 2. The molecule has 1 aromatic rings. The van der Waals surface area contributed by atoms with Crippen LogP contribution in [0.25, 0.3) is 0 Å². The molecule has 0 aliphatic heterocycles. The molecule has 110 valence electrons. The summed E-state index contributed by atoms with van der Waals surface area (Å²) in [5.41, 5.74) is 0. The van der Waals surface area contributed by atoms with Crippen molar-refractivity contribution < 1.29 is 12.9 Å². The van der Waals surface area contributed by atoms with Crippen LogP contribution < -0.4 is 10.0 Å². The van der Waals surface area contributed by atoms with Gasteiger partial charge < -0.3 is 9.84 Å². The molecule has 9 heteroatoms. The van der Waals surface area contributed by atoms with Crippen molar-refractivity contribution in [3.8, 4) is 0 Å². The Kier molecular flexibility index (Phi) is 6.35. The minimum absolute atomic E-state index is 0.236. The summed E-state index contributed by atoms with van der Waals surface area (Å²) in [7, 11) is -0.0555. The average Bonchev–Trinajstić information content (AvgIpc) is 2.75. The van der Waals surface area contributed by atoms with Crippen LogP contribution in [-0.4, -0.2) is 56.6 Å². The van der Waals surface area contributed by atoms with Gasteiger partial charge in [-0.3, -0.25) is 0 Å². The monoisotopic (exact) mass is 291 g/mol. The van der Waals surface area contributed by atoms with Gasteiger partial charge in [0, 0.05) is 26.6 Å². The van der Waals surface area contributed by atoms with Gasteiger partial charge in [-0.25, -0.2) is 4.72 Å². The summed E-state index contributed by atoms with van der Waals surface area (Å²) in [6.07, 6.45) is 1.14. The molecule has 0 saturated heterocycles. The van der Waals surface area contributed by atoms with E-state index in [2.05, 4.69) is 20.2 Å². The van der Waals surface area contributed by atoms with Gasteiger partial charge in [0.2, 0.25) is 5.89 Å². The second-order valence-electron chi connectivity index (χ2n) is 4.16. The van der Waals surface area contributed by atoms with Crippen molar-refractivity contribution in [1.29, 1.82) is 0 Å². The average molecular weight is 291 g/mol. The van der Waals surface area contributed by atoms with Gasteiger partial charge in [0.15, 0.2) is 5.82 Å². The molecular weight excluding hydrogens is 270 g/mol. The normalized spacial score (nSPS) is 12.2. The smallest absolute Gasteiger partial charge is 0.279 e. The van der Waals surface area contributed by atoms with Crippen molar-refractivity contribution in [2.24, 2.45) is 0 Å². The highest BCUT2D eigenvalue weighted by Crippen LogP contribution is 1.98. The lowest BCUT2D eigenvalue weighted by Crippen LogP contribution is -2.40. The highest BCUT2D eigenvalue weighted by atomic mass is 32.2. The summed E-state index contributed by atoms with van der Waals surface area (Å²) in [6.45, 7) is 3.20. The van der Waals surface area contributed by atoms with Gasteiger partial charge in [0.25, 0.3) is 10.2 Å². The van der Waals surface area contributed by atoms with Crippen LogP contribution in [0, 0.1) is 6.92 Å². The summed E-state index contributed by atoms with van der Waals surface area (Å²) >= 11 is 0. The fourth-order valence-electron chi connectivity index (χ4n) is 1.44. The second kappa shape index (κ2) is 7.53. The molecule has 1 aromatic heterocycles. The van der Waals surface area contributed by atoms with Crippen LogP contribution in [0.3, 0.4) is 0 Å². The molecule has 8 nitrogen and oxygen atoms in total. The Hall–Kier alpha value is -1.03. The first-order valence-corrected chi connectivity index (χ1v) is 7.54. The highest BCUT2D eigenvalue weighted by Gasteiger charge is 2.16. The van der Waals surface area contributed by atoms with Crippen molar-refractivity contribution >= 4 is 10.2 Å². The Labute approximate surface area is 113 Å². The minimum Gasteiger partial charge on any atom is -0.339 e. The van der Waals surface area contributed by atoms with Gasteiger partial charge in [0.05, 0.1) is 0 Å². The largest absolute Gasteiger partial charge is 0.339 e. The van der Waals surface area contributed by atoms with Crippen LogP contribution in [-0.2, 0) is 16.6 Å². The molecule has 1 heterocycles. The van der Waals surface area contributed by atoms with Crippen LogP contribution in [0.1, 0.15) is 18.1 Å². The maximum atomic E-state index is 11.8. The fraction of sp³-hybridized carbons (Fsp3) is 0.800. The molecule has 0 aliphatic carbocycles. The van der Waals surface area contributed by atoms with Gasteiger partial charge in [-0.2, -0.15) is 17.7 Å². The fourth-order valence-corrected chi connectivity index (χ4v) is 2.39. The Morgan fingerprint density at radius 2 is 2.11 bits per heavy atom. The molecule has 0 saturated carbocycles. The van der Waals surface area contributed by atoms with Crippen molar-refractivity contribution in [3.63, 3.8) is 0 Å². The maximum Gasteiger partial charge on any atom is 0.279 e. The predicted octanol–water partition coefficient (Wildman–Crippen LogP) is -0.704. The van der Waals surface area contributed by atoms with Crippen molar-refractivity contribution in [2.75, 3.05) is 33.7 Å². The summed E-state index contributed by atoms with van der Waals surface area (Å²) in [6, 6.07) is 0. The molecule has 0 atom stereocenters. The number of nitrogens with one attached hydrogen (secondary N) is 2. The Balaban J connectivity index is 2.33. The quantitative estimate of drug-likeness (QED) is 0.583. The third-order valence-corrected chi connectivity index (χ3v) is 4.08. The summed E-state index contributed by atoms with van der Waals surface area (Å²) in [5, 5.41) is 6.61. The molecule has 0 bridgehead atoms. The zero-order chi connectivity index (χ0) is 14.3. The number of hydrogen-bond acceptors (Lipinski definition) is 6. The van der Waals surface area contributed by atoms with E-state index in [1.54, 1.807) is 14.0 Å². The molecule has 0 fully saturated rings. The van der Waals surface area contributed by atoms with E-state index in [1.807, 2.05) is 7.05 Å². The lowest BCUT2D eigenvalue weighted by Gasteiger charge is -2.17. The van der Waals surface area contributed by atoms with Crippen LogP contribution in [0.5, 0.6) is 0 Å². The van der Waals surface area contributed by atoms with Crippen LogP contribution in [0.15, 0.2) is 4.52 Å². The van der Waals surface area contributed by atoms with E-state index in [4.69, 9.17) is 4.52 Å². The minimum atomic E-state index is -3.44. The lowest BCUT2D eigenvalue weighted by molar-refractivity contribution is 0.374. The standard InChI is InChI=1S/C10H21N5O3S/c1-9-13-10(18-14-9)5-7-12-19(16,17)15(3)8-4-6-11-2/h11-12H,4-8H2,1-3H3. The van der Waals surface area contributed by atoms with Crippen molar-refractivity contribution in [1.82, 2.24) is 24.5 Å². The molecule has 0 unspecified atom stereocenters. The first-order valence-electron chi connectivity index (χ1n) is 6.10. The van der Waals surface area contributed by atoms with Gasteiger partial charge in [0.1, 0.15) is 0 Å². The first kappa shape index (κ1) is 16.0. The second-order valence-corrected chi connectivity index (χ2v) is 6.03. The highest BCUT2D eigenvalue weighted by molar-refractivity contribution is 7.87. The third kappa shape index (κ3) is 5.64. The summed E-state index contributed by atoms with van der Waals surface area (Å²) in [4.78, 5) is 4.00. The number of aromatic nitrogens is 2. The van der Waals surface area contributed by atoms with E-state index in [-0.39, 0.29) is 6.54 Å². The molecule has 0 amide bonds. The van der Waals surface area contributed by atoms with E-state index in [9.17, 15) is 8.42 Å². The topological polar surface area (TPSA) is 100 Å². The third-order valence-electron chi connectivity index (χ3n) is 2.50. The Morgan fingerprint density at radius 1 is 1.37 bits per heavy atom. The molecule has 0 aliphatic rings. The van der Waals surface area contributed by atoms with E-state index in [0.29, 0.717) is 24.7 Å². The van der Waals surface area contributed by atoms with E-state index in [0.717, 1.165) is 13.0 Å².